The highest BCUT2D eigenvalue weighted by Gasteiger charge is 2.19. The van der Waals surface area contributed by atoms with Crippen LogP contribution >= 0.6 is 0 Å². The zero-order chi connectivity index (χ0) is 14.3. The summed E-state index contributed by atoms with van der Waals surface area (Å²) in [6.45, 7) is 5.92. The zero-order valence-corrected chi connectivity index (χ0v) is 12.7. The molecule has 0 spiro atoms. The van der Waals surface area contributed by atoms with Gasteiger partial charge in [-0.15, -0.1) is 0 Å². The van der Waals surface area contributed by atoms with Gasteiger partial charge in [0, 0.05) is 19.8 Å². The Kier molecular flexibility index (Phi) is 7.23. The topological polar surface area (TPSA) is 73.9 Å². The van der Waals surface area contributed by atoms with E-state index in [2.05, 4.69) is 4.72 Å². The Hall–Kier alpha value is -0.210. The van der Waals surface area contributed by atoms with E-state index >= 15 is 0 Å². The molecule has 1 fully saturated rings. The molecule has 114 valence electrons. The molecule has 1 aliphatic heterocycles. The van der Waals surface area contributed by atoms with Crippen molar-refractivity contribution in [1.82, 2.24) is 4.72 Å². The van der Waals surface area contributed by atoms with Gasteiger partial charge in [-0.2, -0.15) is 0 Å². The standard InChI is InChI=1S/C12H25NO5S/c1-10(2)18-12(8-13-19(3,14)15)9-17-11-4-6-16-7-5-11/h10-13H,4-9H2,1-3H3/t12-/m0/s1. The van der Waals surface area contributed by atoms with Gasteiger partial charge in [-0.3, -0.25) is 0 Å². The summed E-state index contributed by atoms with van der Waals surface area (Å²) in [5.74, 6) is 0. The molecule has 1 N–H and O–H groups in total. The van der Waals surface area contributed by atoms with E-state index in [0.717, 1.165) is 32.3 Å². The molecule has 0 aromatic heterocycles. The Balaban J connectivity index is 2.35. The van der Waals surface area contributed by atoms with Crippen LogP contribution in [0.4, 0.5) is 0 Å². The monoisotopic (exact) mass is 295 g/mol. The summed E-state index contributed by atoms with van der Waals surface area (Å²) in [7, 11) is -3.20. The van der Waals surface area contributed by atoms with Crippen molar-refractivity contribution in [1.29, 1.82) is 0 Å². The lowest BCUT2D eigenvalue weighted by Gasteiger charge is -2.26. The summed E-state index contributed by atoms with van der Waals surface area (Å²) in [5, 5.41) is 0. The van der Waals surface area contributed by atoms with Crippen molar-refractivity contribution in [3.63, 3.8) is 0 Å². The fourth-order valence-electron chi connectivity index (χ4n) is 1.86. The quantitative estimate of drug-likeness (QED) is 0.707. The van der Waals surface area contributed by atoms with E-state index in [1.54, 1.807) is 0 Å². The molecule has 1 atom stereocenters. The number of hydrogen-bond acceptors (Lipinski definition) is 5. The first-order chi connectivity index (χ1) is 8.87. The summed E-state index contributed by atoms with van der Waals surface area (Å²) < 4.78 is 41.3. The van der Waals surface area contributed by atoms with Gasteiger partial charge in [0.05, 0.1) is 31.2 Å². The molecule has 1 saturated heterocycles. The van der Waals surface area contributed by atoms with Crippen LogP contribution in [0.1, 0.15) is 26.7 Å². The lowest BCUT2D eigenvalue weighted by Crippen LogP contribution is -2.38. The first kappa shape index (κ1) is 16.8. The van der Waals surface area contributed by atoms with Crippen LogP contribution in [0.3, 0.4) is 0 Å². The van der Waals surface area contributed by atoms with Crippen LogP contribution in [-0.2, 0) is 24.2 Å². The van der Waals surface area contributed by atoms with Gasteiger partial charge >= 0.3 is 0 Å². The third kappa shape index (κ3) is 8.54. The lowest BCUT2D eigenvalue weighted by molar-refractivity contribution is -0.0865. The first-order valence-corrected chi connectivity index (χ1v) is 8.55. The Morgan fingerprint density at radius 1 is 1.32 bits per heavy atom. The van der Waals surface area contributed by atoms with Crippen LogP contribution in [0.2, 0.25) is 0 Å². The molecule has 6 nitrogen and oxygen atoms in total. The average molecular weight is 295 g/mol. The predicted molar refractivity (Wildman–Crippen MR) is 72.6 cm³/mol. The molecule has 7 heteroatoms. The van der Waals surface area contributed by atoms with Crippen LogP contribution in [0, 0.1) is 0 Å². The van der Waals surface area contributed by atoms with Crippen LogP contribution in [0.25, 0.3) is 0 Å². The fraction of sp³-hybridized carbons (Fsp3) is 1.00. The van der Waals surface area contributed by atoms with Gasteiger partial charge in [0.1, 0.15) is 0 Å². The summed E-state index contributed by atoms with van der Waals surface area (Å²) in [4.78, 5) is 0. The summed E-state index contributed by atoms with van der Waals surface area (Å²) in [6.07, 6.45) is 2.85. The molecular formula is C12H25NO5S. The van der Waals surface area contributed by atoms with E-state index in [0.29, 0.717) is 6.61 Å². The van der Waals surface area contributed by atoms with Crippen molar-refractivity contribution in [2.24, 2.45) is 0 Å². The van der Waals surface area contributed by atoms with Gasteiger partial charge in [0.2, 0.25) is 10.0 Å². The molecular weight excluding hydrogens is 270 g/mol. The van der Waals surface area contributed by atoms with Gasteiger partial charge in [0.15, 0.2) is 0 Å². The average Bonchev–Trinajstić information content (AvgIpc) is 2.32. The summed E-state index contributed by atoms with van der Waals surface area (Å²) >= 11 is 0. The number of sulfonamides is 1. The van der Waals surface area contributed by atoms with Crippen molar-refractivity contribution in [3.05, 3.63) is 0 Å². The van der Waals surface area contributed by atoms with Crippen LogP contribution < -0.4 is 4.72 Å². The molecule has 0 unspecified atom stereocenters. The fourth-order valence-corrected chi connectivity index (χ4v) is 2.35. The summed E-state index contributed by atoms with van der Waals surface area (Å²) in [5.41, 5.74) is 0. The normalized spacial score (nSPS) is 19.8. The molecule has 0 aromatic carbocycles. The van der Waals surface area contributed by atoms with E-state index in [1.165, 1.54) is 0 Å². The second-order valence-corrected chi connectivity index (χ2v) is 6.91. The van der Waals surface area contributed by atoms with Gasteiger partial charge < -0.3 is 14.2 Å². The highest BCUT2D eigenvalue weighted by atomic mass is 32.2. The molecule has 0 bridgehead atoms. The minimum atomic E-state index is -3.20. The van der Waals surface area contributed by atoms with Crippen LogP contribution in [0.5, 0.6) is 0 Å². The van der Waals surface area contributed by atoms with E-state index in [9.17, 15) is 8.42 Å². The Morgan fingerprint density at radius 3 is 2.47 bits per heavy atom. The van der Waals surface area contributed by atoms with Crippen LogP contribution in [-0.4, -0.2) is 59.4 Å². The maximum atomic E-state index is 11.1. The SMILES string of the molecule is CC(C)O[C@@H](CNS(C)(=O)=O)COC1CCOCC1. The molecule has 0 radical (unpaired) electrons. The number of ether oxygens (including phenoxy) is 3. The largest absolute Gasteiger partial charge is 0.381 e. The highest BCUT2D eigenvalue weighted by molar-refractivity contribution is 7.88. The van der Waals surface area contributed by atoms with Gasteiger partial charge in [0.25, 0.3) is 0 Å². The van der Waals surface area contributed by atoms with Crippen molar-refractivity contribution < 1.29 is 22.6 Å². The van der Waals surface area contributed by atoms with E-state index < -0.39 is 10.0 Å². The third-order valence-electron chi connectivity index (χ3n) is 2.72. The Morgan fingerprint density at radius 2 is 1.95 bits per heavy atom. The molecule has 0 amide bonds. The molecule has 19 heavy (non-hydrogen) atoms. The minimum Gasteiger partial charge on any atom is -0.381 e. The maximum absolute atomic E-state index is 11.1. The molecule has 1 aliphatic rings. The number of nitrogens with one attached hydrogen (secondary N) is 1. The van der Waals surface area contributed by atoms with E-state index in [4.69, 9.17) is 14.2 Å². The highest BCUT2D eigenvalue weighted by Crippen LogP contribution is 2.11. The Bertz CT molecular complexity index is 338. The summed E-state index contributed by atoms with van der Waals surface area (Å²) in [6, 6.07) is 0. The minimum absolute atomic E-state index is 0.0321. The van der Waals surface area contributed by atoms with E-state index in [1.807, 2.05) is 13.8 Å². The van der Waals surface area contributed by atoms with Crippen molar-refractivity contribution in [2.45, 2.75) is 45.0 Å². The van der Waals surface area contributed by atoms with Crippen molar-refractivity contribution >= 4 is 10.0 Å². The second kappa shape index (κ2) is 8.16. The third-order valence-corrected chi connectivity index (χ3v) is 3.42. The molecule has 1 heterocycles. The number of rotatable bonds is 8. The lowest BCUT2D eigenvalue weighted by atomic mass is 10.1. The van der Waals surface area contributed by atoms with Crippen molar-refractivity contribution in [3.8, 4) is 0 Å². The predicted octanol–water partition coefficient (Wildman–Crippen LogP) is 0.525. The zero-order valence-electron chi connectivity index (χ0n) is 11.9. The van der Waals surface area contributed by atoms with Crippen LogP contribution in [0.15, 0.2) is 0 Å². The smallest absolute Gasteiger partial charge is 0.208 e. The van der Waals surface area contributed by atoms with Gasteiger partial charge in [-0.05, 0) is 26.7 Å². The molecule has 0 saturated carbocycles. The van der Waals surface area contributed by atoms with Crippen molar-refractivity contribution in [2.75, 3.05) is 32.6 Å². The maximum Gasteiger partial charge on any atom is 0.208 e. The van der Waals surface area contributed by atoms with E-state index in [-0.39, 0.29) is 24.9 Å². The second-order valence-electron chi connectivity index (χ2n) is 5.07. The first-order valence-electron chi connectivity index (χ1n) is 6.66. The van der Waals surface area contributed by atoms with Gasteiger partial charge in [-0.1, -0.05) is 0 Å². The molecule has 1 rings (SSSR count). The Labute approximate surface area is 115 Å². The molecule has 0 aromatic rings. The number of hydrogen-bond donors (Lipinski definition) is 1. The molecule has 0 aliphatic carbocycles. The van der Waals surface area contributed by atoms with Gasteiger partial charge in [-0.25, -0.2) is 13.1 Å².